The standard InChI is InChI=1S/C17H18BrClO/c1-17(2,3)12-6-4-11(5-7-12)16(20)14-9-8-13(18)10-15(14)19/h4-10,16,20H,1-3H3. The minimum atomic E-state index is -0.704. The van der Waals surface area contributed by atoms with Gasteiger partial charge in [-0.05, 0) is 28.7 Å². The van der Waals surface area contributed by atoms with E-state index in [0.717, 1.165) is 15.6 Å². The van der Waals surface area contributed by atoms with Gasteiger partial charge in [0.1, 0.15) is 6.10 Å². The van der Waals surface area contributed by atoms with Crippen LogP contribution in [0.15, 0.2) is 46.9 Å². The first-order valence-electron chi connectivity index (χ1n) is 6.52. The molecule has 0 amide bonds. The molecule has 0 aliphatic rings. The Kier molecular flexibility index (Phi) is 4.58. The molecule has 3 heteroatoms. The number of aliphatic hydroxyl groups is 1. The average Bonchev–Trinajstić information content (AvgIpc) is 2.37. The molecule has 2 rings (SSSR count). The Labute approximate surface area is 133 Å². The van der Waals surface area contributed by atoms with Crippen molar-refractivity contribution in [1.82, 2.24) is 0 Å². The molecule has 1 nitrogen and oxygen atoms in total. The molecule has 0 bridgehead atoms. The van der Waals surface area contributed by atoms with Gasteiger partial charge in [0.25, 0.3) is 0 Å². The molecular formula is C17H18BrClO. The molecule has 0 heterocycles. The summed E-state index contributed by atoms with van der Waals surface area (Å²) in [5.74, 6) is 0. The van der Waals surface area contributed by atoms with E-state index < -0.39 is 6.10 Å². The van der Waals surface area contributed by atoms with Gasteiger partial charge in [0, 0.05) is 15.1 Å². The molecule has 0 fully saturated rings. The molecule has 106 valence electrons. The van der Waals surface area contributed by atoms with Gasteiger partial charge in [0.15, 0.2) is 0 Å². The van der Waals surface area contributed by atoms with Crippen LogP contribution in [0.4, 0.5) is 0 Å². The van der Waals surface area contributed by atoms with Crippen molar-refractivity contribution >= 4 is 27.5 Å². The molecule has 0 saturated carbocycles. The zero-order valence-electron chi connectivity index (χ0n) is 11.8. The lowest BCUT2D eigenvalue weighted by Crippen LogP contribution is -2.11. The van der Waals surface area contributed by atoms with Gasteiger partial charge in [-0.15, -0.1) is 0 Å². The highest BCUT2D eigenvalue weighted by atomic mass is 79.9. The van der Waals surface area contributed by atoms with E-state index >= 15 is 0 Å². The van der Waals surface area contributed by atoms with E-state index in [0.29, 0.717) is 5.02 Å². The summed E-state index contributed by atoms with van der Waals surface area (Å²) < 4.78 is 0.904. The third kappa shape index (κ3) is 3.43. The van der Waals surface area contributed by atoms with E-state index in [2.05, 4.69) is 48.8 Å². The van der Waals surface area contributed by atoms with E-state index in [9.17, 15) is 5.11 Å². The molecule has 1 N–H and O–H groups in total. The van der Waals surface area contributed by atoms with Crippen LogP contribution < -0.4 is 0 Å². The van der Waals surface area contributed by atoms with E-state index in [1.807, 2.05) is 24.3 Å². The van der Waals surface area contributed by atoms with Crippen molar-refractivity contribution < 1.29 is 5.11 Å². The fourth-order valence-electron chi connectivity index (χ4n) is 2.07. The van der Waals surface area contributed by atoms with Crippen LogP contribution in [0.1, 0.15) is 43.6 Å². The van der Waals surface area contributed by atoms with Crippen molar-refractivity contribution in [3.05, 3.63) is 68.7 Å². The third-order valence-corrected chi connectivity index (χ3v) is 4.17. The molecule has 20 heavy (non-hydrogen) atoms. The second-order valence-corrected chi connectivity index (χ2v) is 7.26. The summed E-state index contributed by atoms with van der Waals surface area (Å²) >= 11 is 9.56. The molecule has 1 unspecified atom stereocenters. The van der Waals surface area contributed by atoms with Crippen molar-refractivity contribution in [2.75, 3.05) is 0 Å². The smallest absolute Gasteiger partial charge is 0.105 e. The SMILES string of the molecule is CC(C)(C)c1ccc(C(O)c2ccc(Br)cc2Cl)cc1. The van der Waals surface area contributed by atoms with Crippen molar-refractivity contribution in [3.8, 4) is 0 Å². The Morgan fingerprint density at radius 3 is 2.15 bits per heavy atom. The molecule has 2 aromatic carbocycles. The highest BCUT2D eigenvalue weighted by Crippen LogP contribution is 2.31. The molecule has 0 spiro atoms. The van der Waals surface area contributed by atoms with Crippen LogP contribution in [0.5, 0.6) is 0 Å². The Morgan fingerprint density at radius 2 is 1.65 bits per heavy atom. The minimum absolute atomic E-state index is 0.110. The average molecular weight is 354 g/mol. The minimum Gasteiger partial charge on any atom is -0.384 e. The molecule has 0 aromatic heterocycles. The molecule has 2 aromatic rings. The van der Waals surface area contributed by atoms with Gasteiger partial charge in [-0.25, -0.2) is 0 Å². The van der Waals surface area contributed by atoms with Crippen LogP contribution in [0.3, 0.4) is 0 Å². The molecule has 0 radical (unpaired) electrons. The summed E-state index contributed by atoms with van der Waals surface area (Å²) in [7, 11) is 0. The second-order valence-electron chi connectivity index (χ2n) is 5.94. The van der Waals surface area contributed by atoms with Gasteiger partial charge in [0.2, 0.25) is 0 Å². The molecule has 0 aliphatic heterocycles. The molecule has 1 atom stereocenters. The van der Waals surface area contributed by atoms with E-state index in [-0.39, 0.29) is 5.41 Å². The maximum Gasteiger partial charge on any atom is 0.105 e. The van der Waals surface area contributed by atoms with Gasteiger partial charge >= 0.3 is 0 Å². The van der Waals surface area contributed by atoms with E-state index in [1.165, 1.54) is 5.56 Å². The van der Waals surface area contributed by atoms with Gasteiger partial charge in [0.05, 0.1) is 0 Å². The zero-order chi connectivity index (χ0) is 14.9. The summed E-state index contributed by atoms with van der Waals surface area (Å²) in [4.78, 5) is 0. The lowest BCUT2D eigenvalue weighted by Gasteiger charge is -2.20. The first-order chi connectivity index (χ1) is 9.29. The molecule has 0 aliphatic carbocycles. The summed E-state index contributed by atoms with van der Waals surface area (Å²) in [6, 6.07) is 13.6. The van der Waals surface area contributed by atoms with E-state index in [1.54, 1.807) is 6.07 Å². The summed E-state index contributed by atoms with van der Waals surface area (Å²) in [6.45, 7) is 6.51. The maximum absolute atomic E-state index is 10.5. The number of hydrogen-bond acceptors (Lipinski definition) is 1. The van der Waals surface area contributed by atoms with Crippen LogP contribution in [-0.4, -0.2) is 5.11 Å². The third-order valence-electron chi connectivity index (χ3n) is 3.35. The lowest BCUT2D eigenvalue weighted by molar-refractivity contribution is 0.220. The quantitative estimate of drug-likeness (QED) is 0.757. The van der Waals surface area contributed by atoms with Gasteiger partial charge < -0.3 is 5.11 Å². The molecule has 0 saturated heterocycles. The summed E-state index contributed by atoms with van der Waals surface area (Å²) in [6.07, 6.45) is -0.704. The van der Waals surface area contributed by atoms with E-state index in [4.69, 9.17) is 11.6 Å². The highest BCUT2D eigenvalue weighted by Gasteiger charge is 2.17. The second kappa shape index (κ2) is 5.88. The number of hydrogen-bond donors (Lipinski definition) is 1. The number of rotatable bonds is 2. The Balaban J connectivity index is 2.31. The monoisotopic (exact) mass is 352 g/mol. The fourth-order valence-corrected chi connectivity index (χ4v) is 2.85. The highest BCUT2D eigenvalue weighted by molar-refractivity contribution is 9.10. The summed E-state index contributed by atoms with van der Waals surface area (Å²) in [5.41, 5.74) is 2.93. The first kappa shape index (κ1) is 15.6. The topological polar surface area (TPSA) is 20.2 Å². The Hall–Kier alpha value is -0.830. The van der Waals surface area contributed by atoms with Crippen molar-refractivity contribution in [3.63, 3.8) is 0 Å². The van der Waals surface area contributed by atoms with Crippen LogP contribution in [0, 0.1) is 0 Å². The largest absolute Gasteiger partial charge is 0.384 e. The number of benzene rings is 2. The first-order valence-corrected chi connectivity index (χ1v) is 7.69. The fraction of sp³-hybridized carbons (Fsp3) is 0.294. The predicted molar refractivity (Wildman–Crippen MR) is 88.4 cm³/mol. The van der Waals surface area contributed by atoms with Crippen molar-refractivity contribution in [2.45, 2.75) is 32.3 Å². The Morgan fingerprint density at radius 1 is 1.05 bits per heavy atom. The molecular weight excluding hydrogens is 336 g/mol. The van der Waals surface area contributed by atoms with Crippen LogP contribution in [-0.2, 0) is 5.41 Å². The van der Waals surface area contributed by atoms with Crippen LogP contribution in [0.2, 0.25) is 5.02 Å². The van der Waals surface area contributed by atoms with Crippen LogP contribution in [0.25, 0.3) is 0 Å². The normalized spacial score (nSPS) is 13.3. The maximum atomic E-state index is 10.5. The lowest BCUT2D eigenvalue weighted by atomic mass is 9.86. The zero-order valence-corrected chi connectivity index (χ0v) is 14.2. The number of halogens is 2. The Bertz CT molecular complexity index is 599. The van der Waals surface area contributed by atoms with Crippen LogP contribution >= 0.6 is 27.5 Å². The predicted octanol–water partition coefficient (Wildman–Crippen LogP) is 5.48. The van der Waals surface area contributed by atoms with Gasteiger partial charge in [-0.3, -0.25) is 0 Å². The summed E-state index contributed by atoms with van der Waals surface area (Å²) in [5, 5.41) is 11.0. The number of aliphatic hydroxyl groups excluding tert-OH is 1. The van der Waals surface area contributed by atoms with Gasteiger partial charge in [-0.2, -0.15) is 0 Å². The van der Waals surface area contributed by atoms with Gasteiger partial charge in [-0.1, -0.05) is 78.6 Å². The van der Waals surface area contributed by atoms with Crippen molar-refractivity contribution in [2.24, 2.45) is 0 Å². The van der Waals surface area contributed by atoms with Crippen molar-refractivity contribution in [1.29, 1.82) is 0 Å².